The monoisotopic (exact) mass is 366 g/mol. The summed E-state index contributed by atoms with van der Waals surface area (Å²) in [4.78, 5) is 24.3. The van der Waals surface area contributed by atoms with Gasteiger partial charge in [-0.15, -0.1) is 0 Å². The molecule has 0 aromatic heterocycles. The predicted molar refractivity (Wildman–Crippen MR) is 99.1 cm³/mol. The number of hydrogen-bond donors (Lipinski definition) is 1. The van der Waals surface area contributed by atoms with E-state index < -0.39 is 11.8 Å². The van der Waals surface area contributed by atoms with Crippen LogP contribution in [0, 0.1) is 0 Å². The molecule has 1 N–H and O–H groups in total. The summed E-state index contributed by atoms with van der Waals surface area (Å²) in [5.41, 5.74) is 1.27. The normalized spacial score (nSPS) is 10.3. The van der Waals surface area contributed by atoms with E-state index in [0.29, 0.717) is 22.9 Å². The van der Waals surface area contributed by atoms with Gasteiger partial charge in [-0.2, -0.15) is 0 Å². The lowest BCUT2D eigenvalue weighted by Gasteiger charge is -2.10. The van der Waals surface area contributed by atoms with Crippen molar-refractivity contribution in [2.45, 2.75) is 6.61 Å². The van der Waals surface area contributed by atoms with Crippen molar-refractivity contribution < 1.29 is 19.4 Å². The number of ether oxygens (including phenoxy) is 1. The molecule has 0 spiro atoms. The molecule has 0 aliphatic carbocycles. The minimum absolute atomic E-state index is 0.0897. The molecule has 0 aliphatic rings. The lowest BCUT2D eigenvalue weighted by molar-refractivity contribution is 0.0692. The Morgan fingerprint density at radius 1 is 0.885 bits per heavy atom. The summed E-state index contributed by atoms with van der Waals surface area (Å²) >= 11 is 5.91. The van der Waals surface area contributed by atoms with Gasteiger partial charge in [-0.25, -0.2) is 4.79 Å². The number of rotatable bonds is 6. The summed E-state index contributed by atoms with van der Waals surface area (Å²) < 4.78 is 5.65. The first-order chi connectivity index (χ1) is 12.5. The molecule has 4 nitrogen and oxygen atoms in total. The van der Waals surface area contributed by atoms with Gasteiger partial charge in [-0.05, 0) is 35.9 Å². The van der Waals surface area contributed by atoms with Crippen molar-refractivity contribution in [1.82, 2.24) is 0 Å². The van der Waals surface area contributed by atoms with Gasteiger partial charge < -0.3 is 9.84 Å². The zero-order valence-corrected chi connectivity index (χ0v) is 14.4. The fourth-order valence-corrected chi connectivity index (χ4v) is 2.70. The average molecular weight is 367 g/mol. The first kappa shape index (κ1) is 17.7. The van der Waals surface area contributed by atoms with E-state index >= 15 is 0 Å². The maximum atomic E-state index is 12.7. The maximum Gasteiger partial charge on any atom is 0.336 e. The number of halogens is 1. The van der Waals surface area contributed by atoms with Crippen molar-refractivity contribution in [2.75, 3.05) is 0 Å². The van der Waals surface area contributed by atoms with E-state index in [1.165, 1.54) is 18.2 Å². The molecule has 0 fully saturated rings. The van der Waals surface area contributed by atoms with Crippen molar-refractivity contribution in [3.8, 4) is 5.75 Å². The van der Waals surface area contributed by atoms with E-state index in [2.05, 4.69) is 0 Å². The quantitative estimate of drug-likeness (QED) is 0.633. The molecule has 0 atom stereocenters. The van der Waals surface area contributed by atoms with Crippen LogP contribution in [-0.4, -0.2) is 16.9 Å². The van der Waals surface area contributed by atoms with Crippen molar-refractivity contribution >= 4 is 23.4 Å². The summed E-state index contributed by atoms with van der Waals surface area (Å²) in [6.07, 6.45) is 0. The summed E-state index contributed by atoms with van der Waals surface area (Å²) in [5, 5.41) is 9.90. The highest BCUT2D eigenvalue weighted by Gasteiger charge is 2.19. The third kappa shape index (κ3) is 4.10. The Labute approximate surface area is 155 Å². The van der Waals surface area contributed by atoms with Gasteiger partial charge in [0, 0.05) is 16.1 Å². The van der Waals surface area contributed by atoms with Gasteiger partial charge >= 0.3 is 5.97 Å². The Morgan fingerprint density at radius 2 is 1.65 bits per heavy atom. The minimum atomic E-state index is -1.19. The number of carbonyl (C=O) groups excluding carboxylic acids is 1. The Kier molecular flexibility index (Phi) is 5.34. The molecule has 0 saturated carbocycles. The zero-order valence-electron chi connectivity index (χ0n) is 13.7. The molecule has 0 saturated heterocycles. The van der Waals surface area contributed by atoms with Crippen LogP contribution in [0.4, 0.5) is 0 Å². The highest BCUT2D eigenvalue weighted by molar-refractivity contribution is 6.31. The van der Waals surface area contributed by atoms with Crippen LogP contribution in [0.5, 0.6) is 5.75 Å². The summed E-state index contributed by atoms with van der Waals surface area (Å²) in [5.74, 6) is -1.21. The van der Waals surface area contributed by atoms with Crippen molar-refractivity contribution in [2.24, 2.45) is 0 Å². The molecule has 26 heavy (non-hydrogen) atoms. The lowest BCUT2D eigenvalue weighted by atomic mass is 9.98. The first-order valence-corrected chi connectivity index (χ1v) is 8.27. The predicted octanol–water partition coefficient (Wildman–Crippen LogP) is 4.85. The van der Waals surface area contributed by atoms with Gasteiger partial charge in [-0.3, -0.25) is 4.79 Å². The molecular weight excluding hydrogens is 352 g/mol. The topological polar surface area (TPSA) is 63.6 Å². The van der Waals surface area contributed by atoms with Gasteiger partial charge in [0.2, 0.25) is 0 Å². The fourth-order valence-electron chi connectivity index (χ4n) is 2.51. The van der Waals surface area contributed by atoms with Crippen LogP contribution in [0.1, 0.15) is 31.8 Å². The van der Waals surface area contributed by atoms with Crippen LogP contribution in [0.25, 0.3) is 0 Å². The summed E-state index contributed by atoms with van der Waals surface area (Å²) in [7, 11) is 0. The van der Waals surface area contributed by atoms with Crippen LogP contribution >= 0.6 is 11.6 Å². The summed E-state index contributed by atoms with van der Waals surface area (Å²) in [6, 6.07) is 20.3. The Bertz CT molecular complexity index is 951. The molecule has 0 unspecified atom stereocenters. The molecule has 0 radical (unpaired) electrons. The van der Waals surface area contributed by atoms with Crippen LogP contribution < -0.4 is 4.74 Å². The zero-order chi connectivity index (χ0) is 18.5. The number of carbonyl (C=O) groups is 2. The summed E-state index contributed by atoms with van der Waals surface area (Å²) in [6.45, 7) is 0.307. The number of aromatic carboxylic acids is 1. The molecule has 0 heterocycles. The van der Waals surface area contributed by atoms with Crippen molar-refractivity contribution in [1.29, 1.82) is 0 Å². The largest absolute Gasteiger partial charge is 0.489 e. The first-order valence-electron chi connectivity index (χ1n) is 7.89. The van der Waals surface area contributed by atoms with Crippen LogP contribution in [-0.2, 0) is 6.61 Å². The fraction of sp³-hybridized carbons (Fsp3) is 0.0476. The molecule has 0 aliphatic heterocycles. The highest BCUT2D eigenvalue weighted by atomic mass is 35.5. The van der Waals surface area contributed by atoms with E-state index in [9.17, 15) is 14.7 Å². The molecule has 0 bridgehead atoms. The maximum absolute atomic E-state index is 12.7. The van der Waals surface area contributed by atoms with Gasteiger partial charge in [0.05, 0.1) is 5.56 Å². The standard InChI is InChI=1S/C21H15ClO4/c22-16-8-4-7-15(11-16)20(23)18-10-9-17(12-19(18)21(24)25)26-13-14-5-2-1-3-6-14/h1-12H,13H2,(H,24,25). The van der Waals surface area contributed by atoms with Gasteiger partial charge in [-0.1, -0.05) is 54.1 Å². The second-order valence-corrected chi connectivity index (χ2v) is 6.06. The van der Waals surface area contributed by atoms with Gasteiger partial charge in [0.1, 0.15) is 12.4 Å². The lowest BCUT2D eigenvalue weighted by Crippen LogP contribution is -2.10. The van der Waals surface area contributed by atoms with Crippen LogP contribution in [0.3, 0.4) is 0 Å². The Balaban J connectivity index is 1.87. The number of carboxylic acid groups (broad SMARTS) is 1. The van der Waals surface area contributed by atoms with Crippen molar-refractivity contribution in [3.63, 3.8) is 0 Å². The molecule has 130 valence electrons. The van der Waals surface area contributed by atoms with E-state index in [1.807, 2.05) is 30.3 Å². The van der Waals surface area contributed by atoms with Crippen LogP contribution in [0.15, 0.2) is 72.8 Å². The van der Waals surface area contributed by atoms with Gasteiger partial charge in [0.15, 0.2) is 5.78 Å². The average Bonchev–Trinajstić information content (AvgIpc) is 2.66. The van der Waals surface area contributed by atoms with Crippen LogP contribution in [0.2, 0.25) is 5.02 Å². The van der Waals surface area contributed by atoms with Crippen molar-refractivity contribution in [3.05, 3.63) is 100 Å². The molecule has 3 aromatic rings. The third-order valence-electron chi connectivity index (χ3n) is 3.80. The molecule has 3 aromatic carbocycles. The number of hydrogen-bond acceptors (Lipinski definition) is 3. The second-order valence-electron chi connectivity index (χ2n) is 5.63. The smallest absolute Gasteiger partial charge is 0.336 e. The van der Waals surface area contributed by atoms with E-state index in [4.69, 9.17) is 16.3 Å². The Hall–Kier alpha value is -3.11. The minimum Gasteiger partial charge on any atom is -0.489 e. The molecular formula is C21H15ClO4. The molecule has 3 rings (SSSR count). The number of carboxylic acids is 1. The van der Waals surface area contributed by atoms with E-state index in [1.54, 1.807) is 24.3 Å². The van der Waals surface area contributed by atoms with E-state index in [0.717, 1.165) is 5.56 Å². The van der Waals surface area contributed by atoms with E-state index in [-0.39, 0.29) is 11.1 Å². The highest BCUT2D eigenvalue weighted by Crippen LogP contribution is 2.23. The third-order valence-corrected chi connectivity index (χ3v) is 4.04. The Morgan fingerprint density at radius 3 is 2.35 bits per heavy atom. The molecule has 5 heteroatoms. The van der Waals surface area contributed by atoms with Gasteiger partial charge in [0.25, 0.3) is 0 Å². The number of ketones is 1. The molecule has 0 amide bonds. The second kappa shape index (κ2) is 7.85. The SMILES string of the molecule is O=C(O)c1cc(OCc2ccccc2)ccc1C(=O)c1cccc(Cl)c1. The number of benzene rings is 3.